The lowest BCUT2D eigenvalue weighted by Crippen LogP contribution is -2.80. The van der Waals surface area contributed by atoms with Gasteiger partial charge in [0.2, 0.25) is 0 Å². The fourth-order valence-corrected chi connectivity index (χ4v) is 19.8. The third-order valence-corrected chi connectivity index (χ3v) is 16.1. The molecule has 0 unspecified atom stereocenters. The van der Waals surface area contributed by atoms with Gasteiger partial charge in [-0.2, -0.15) is 0 Å². The molecular weight excluding hydrogens is 270 g/mol. The predicted molar refractivity (Wildman–Crippen MR) is 104 cm³/mol. The van der Waals surface area contributed by atoms with Gasteiger partial charge in [-0.1, -0.05) is 102 Å². The van der Waals surface area contributed by atoms with Crippen molar-refractivity contribution in [3.05, 3.63) is 6.22 Å². The van der Waals surface area contributed by atoms with Crippen molar-refractivity contribution in [2.75, 3.05) is 0 Å². The lowest BCUT2D eigenvalue weighted by molar-refractivity contribution is 0.693. The summed E-state index contributed by atoms with van der Waals surface area (Å²) in [6.45, 7) is 31.6. The molecule has 0 aromatic rings. The first-order valence-electron chi connectivity index (χ1n) is 8.23. The van der Waals surface area contributed by atoms with Gasteiger partial charge in [0.25, 0.3) is 0 Å². The number of rotatable bonds is 2. The van der Waals surface area contributed by atoms with Crippen LogP contribution in [-0.4, -0.2) is 29.6 Å². The summed E-state index contributed by atoms with van der Waals surface area (Å²) in [7, 11) is -2.61. The van der Waals surface area contributed by atoms with E-state index in [-0.39, 0.29) is 0 Å². The van der Waals surface area contributed by atoms with Crippen LogP contribution in [0.15, 0.2) is 0 Å². The molecule has 1 fully saturated rings. The minimum atomic E-state index is -1.31. The van der Waals surface area contributed by atoms with Crippen LogP contribution in [-0.2, 0) is 0 Å². The standard InChI is InChI=1S/C16H36B2Si2/c1-14(2,3)17-13-18(15(4,5)6)16(17,19(7,8)9)20(10,11)12/h1-12H3. The van der Waals surface area contributed by atoms with E-state index in [2.05, 4.69) is 87.0 Å². The molecule has 114 valence electrons. The lowest BCUT2D eigenvalue weighted by Gasteiger charge is -2.71. The molecular formula is C16H36B2Si2. The second-order valence-electron chi connectivity index (χ2n) is 11.1. The normalized spacial score (nSPS) is 21.0. The van der Waals surface area contributed by atoms with Gasteiger partial charge in [0.05, 0.1) is 0 Å². The smallest absolute Gasteiger partial charge is 0.0872 e. The summed E-state index contributed by atoms with van der Waals surface area (Å²) in [4.78, 5) is 0. The van der Waals surface area contributed by atoms with Crippen molar-refractivity contribution in [2.45, 2.75) is 95.9 Å². The minimum Gasteiger partial charge on any atom is -0.0872 e. The molecule has 0 amide bonds. The number of hydrogen-bond acceptors (Lipinski definition) is 0. The van der Waals surface area contributed by atoms with Gasteiger partial charge >= 0.3 is 0 Å². The first-order valence-corrected chi connectivity index (χ1v) is 15.2. The summed E-state index contributed by atoms with van der Waals surface area (Å²) in [5.74, 6) is 0. The van der Waals surface area contributed by atoms with Crippen molar-refractivity contribution in [3.63, 3.8) is 0 Å². The molecule has 4 heteroatoms. The van der Waals surface area contributed by atoms with Gasteiger partial charge in [-0.05, 0) is 0 Å². The molecule has 0 aliphatic carbocycles. The first-order chi connectivity index (χ1) is 8.47. The highest BCUT2D eigenvalue weighted by Crippen LogP contribution is 2.68. The summed E-state index contributed by atoms with van der Waals surface area (Å²) >= 11 is 0. The Morgan fingerprint density at radius 3 is 1.05 bits per heavy atom. The highest BCUT2D eigenvalue weighted by Gasteiger charge is 2.73. The molecule has 1 rings (SSSR count). The Kier molecular flexibility index (Phi) is 4.45. The summed E-state index contributed by atoms with van der Waals surface area (Å²) in [5, 5.41) is 0.699. The molecule has 0 saturated carbocycles. The van der Waals surface area contributed by atoms with Gasteiger partial charge in [0.15, 0.2) is 0 Å². The van der Waals surface area contributed by atoms with Crippen LogP contribution in [0.2, 0.25) is 54.4 Å². The van der Waals surface area contributed by atoms with Gasteiger partial charge in [-0.25, -0.2) is 0 Å². The Hall–Kier alpha value is 0.564. The van der Waals surface area contributed by atoms with Gasteiger partial charge < -0.3 is 0 Å². The zero-order valence-electron chi connectivity index (χ0n) is 16.2. The Morgan fingerprint density at radius 1 is 0.650 bits per heavy atom. The second kappa shape index (κ2) is 4.78. The van der Waals surface area contributed by atoms with Gasteiger partial charge in [-0.15, -0.1) is 0 Å². The zero-order chi connectivity index (χ0) is 16.4. The van der Waals surface area contributed by atoms with Crippen LogP contribution in [0.4, 0.5) is 0 Å². The summed E-state index contributed by atoms with van der Waals surface area (Å²) in [6, 6.07) is 0. The Bertz CT molecular complexity index is 328. The summed E-state index contributed by atoms with van der Waals surface area (Å²) in [5.41, 5.74) is 0. The van der Waals surface area contributed by atoms with Crippen molar-refractivity contribution in [2.24, 2.45) is 0 Å². The van der Waals surface area contributed by atoms with E-state index < -0.39 is 16.1 Å². The summed E-state index contributed by atoms with van der Waals surface area (Å²) < 4.78 is 0.566. The first kappa shape index (κ1) is 18.6. The van der Waals surface area contributed by atoms with E-state index >= 15 is 0 Å². The minimum absolute atomic E-state index is 0.350. The Balaban J connectivity index is 3.52. The van der Waals surface area contributed by atoms with Gasteiger partial charge in [0.1, 0.15) is 13.4 Å². The molecule has 1 heterocycles. The molecule has 1 aliphatic heterocycles. The van der Waals surface area contributed by atoms with Crippen molar-refractivity contribution in [3.8, 4) is 0 Å². The molecule has 0 nitrogen and oxygen atoms in total. The highest BCUT2D eigenvalue weighted by molar-refractivity contribution is 7.32. The molecule has 1 aliphatic rings. The molecule has 0 atom stereocenters. The van der Waals surface area contributed by atoms with Crippen molar-refractivity contribution in [1.82, 2.24) is 0 Å². The average Bonchev–Trinajstić information content (AvgIpc) is 1.86. The maximum atomic E-state index is 4.03. The van der Waals surface area contributed by atoms with E-state index in [1.165, 1.54) is 0 Å². The SMILES string of the molecule is CC(C)(C)B1[C]B(C(C)(C)C)C1([Si](C)(C)C)[Si](C)(C)C. The third-order valence-electron chi connectivity index (χ3n) is 5.46. The highest BCUT2D eigenvalue weighted by atomic mass is 28.4. The van der Waals surface area contributed by atoms with Crippen LogP contribution in [0.1, 0.15) is 41.5 Å². The zero-order valence-corrected chi connectivity index (χ0v) is 18.2. The monoisotopic (exact) mass is 306 g/mol. The predicted octanol–water partition coefficient (Wildman–Crippen LogP) is 5.78. The second-order valence-corrected chi connectivity index (χ2v) is 22.3. The Morgan fingerprint density at radius 2 is 0.900 bits per heavy atom. The van der Waals surface area contributed by atoms with Crippen LogP contribution >= 0.6 is 0 Å². The van der Waals surface area contributed by atoms with Crippen molar-refractivity contribution < 1.29 is 0 Å². The maximum absolute atomic E-state index is 4.03. The van der Waals surface area contributed by atoms with Gasteiger partial charge in [0, 0.05) is 16.1 Å². The molecule has 0 spiro atoms. The van der Waals surface area contributed by atoms with E-state index in [0.717, 1.165) is 0 Å². The lowest BCUT2D eigenvalue weighted by atomic mass is 8.98. The van der Waals surface area contributed by atoms with Crippen molar-refractivity contribution >= 4 is 29.6 Å². The van der Waals surface area contributed by atoms with E-state index in [0.29, 0.717) is 28.5 Å². The van der Waals surface area contributed by atoms with Crippen molar-refractivity contribution in [1.29, 1.82) is 0 Å². The fraction of sp³-hybridized carbons (Fsp3) is 0.938. The molecule has 0 N–H and O–H groups in total. The molecule has 0 bridgehead atoms. The van der Waals surface area contributed by atoms with Crippen LogP contribution in [0.25, 0.3) is 0 Å². The van der Waals surface area contributed by atoms with Crippen LogP contribution in [0.5, 0.6) is 0 Å². The quantitative estimate of drug-likeness (QED) is 0.567. The molecule has 2 radical (unpaired) electrons. The van der Waals surface area contributed by atoms with Crippen LogP contribution in [0.3, 0.4) is 0 Å². The van der Waals surface area contributed by atoms with E-state index in [9.17, 15) is 0 Å². The van der Waals surface area contributed by atoms with E-state index in [4.69, 9.17) is 0 Å². The van der Waals surface area contributed by atoms with Crippen LogP contribution in [0, 0.1) is 6.22 Å². The molecule has 1 saturated heterocycles. The molecule has 20 heavy (non-hydrogen) atoms. The van der Waals surface area contributed by atoms with E-state index in [1.807, 2.05) is 0 Å². The van der Waals surface area contributed by atoms with Crippen LogP contribution < -0.4 is 0 Å². The Labute approximate surface area is 132 Å². The van der Waals surface area contributed by atoms with E-state index in [1.54, 1.807) is 0 Å². The maximum Gasteiger partial charge on any atom is 0.136 e. The largest absolute Gasteiger partial charge is 0.136 e. The topological polar surface area (TPSA) is 0 Å². The average molecular weight is 306 g/mol. The fourth-order valence-electron chi connectivity index (χ4n) is 5.22. The molecule has 0 aromatic carbocycles. The molecule has 0 aromatic heterocycles. The number of hydrogen-bond donors (Lipinski definition) is 0. The van der Waals surface area contributed by atoms with Gasteiger partial charge in [-0.3, -0.25) is 0 Å². The summed E-state index contributed by atoms with van der Waals surface area (Å²) in [6.07, 6.45) is 4.03. The third kappa shape index (κ3) is 2.64.